The van der Waals surface area contributed by atoms with Gasteiger partial charge in [-0.05, 0) is 37.3 Å². The van der Waals surface area contributed by atoms with Crippen LogP contribution in [0.5, 0.6) is 0 Å². The summed E-state index contributed by atoms with van der Waals surface area (Å²) in [6.07, 6.45) is 10.4. The number of carbonyl (C=O) groups is 3. The molecule has 0 bridgehead atoms. The van der Waals surface area contributed by atoms with E-state index in [1.807, 2.05) is 9.78 Å². The summed E-state index contributed by atoms with van der Waals surface area (Å²) in [5.41, 5.74) is 6.55. The second-order valence-electron chi connectivity index (χ2n) is 9.03. The Bertz CT molecular complexity index is 1560. The van der Waals surface area contributed by atoms with E-state index in [9.17, 15) is 19.5 Å². The number of carbonyl (C=O) groups excluding carboxylic acids is 3. The average molecular weight is 609 g/mol. The molecule has 40 heavy (non-hydrogen) atoms. The molecule has 2 amide bonds. The first-order valence-corrected chi connectivity index (χ1v) is 14.7. The van der Waals surface area contributed by atoms with Crippen LogP contribution in [0.4, 0.5) is 5.13 Å². The quantitative estimate of drug-likeness (QED) is 0.121. The zero-order valence-electron chi connectivity index (χ0n) is 21.2. The summed E-state index contributed by atoms with van der Waals surface area (Å²) in [6, 6.07) is -0.975. The van der Waals surface area contributed by atoms with Gasteiger partial charge in [-0.1, -0.05) is 11.2 Å². The summed E-state index contributed by atoms with van der Waals surface area (Å²) in [5.74, 6) is -2.45. The number of rotatable bonds is 8. The molecule has 0 unspecified atom stereocenters. The van der Waals surface area contributed by atoms with Gasteiger partial charge in [-0.15, -0.1) is 23.1 Å². The fourth-order valence-corrected chi connectivity index (χ4v) is 7.23. The Morgan fingerprint density at radius 3 is 2.80 bits per heavy atom. The smallest absolute Gasteiger partial charge is 0.543 e. The van der Waals surface area contributed by atoms with Crippen LogP contribution in [-0.4, -0.2) is 70.4 Å². The number of oxime groups is 1. The van der Waals surface area contributed by atoms with Crippen molar-refractivity contribution in [2.24, 2.45) is 5.16 Å². The Hall–Kier alpha value is -2.76. The number of thioether (sulfide) groups is 1. The number of amides is 2. The van der Waals surface area contributed by atoms with Crippen molar-refractivity contribution in [3.8, 4) is 0 Å². The van der Waals surface area contributed by atoms with Crippen LogP contribution in [0, 0.1) is 0 Å². The molecule has 0 spiro atoms. The fourth-order valence-electron chi connectivity index (χ4n) is 4.65. The average Bonchev–Trinajstić information content (AvgIpc) is 3.72. The first-order chi connectivity index (χ1) is 18.9. The van der Waals surface area contributed by atoms with E-state index in [4.69, 9.17) is 10.6 Å². The van der Waals surface area contributed by atoms with Crippen LogP contribution in [0.15, 0.2) is 40.4 Å². The number of hydrogen-bond acceptors (Lipinski definition) is 13. The van der Waals surface area contributed by atoms with Crippen molar-refractivity contribution in [1.82, 2.24) is 29.0 Å². The maximum Gasteiger partial charge on any atom is 1.00 e. The molecule has 5 heterocycles. The summed E-state index contributed by atoms with van der Waals surface area (Å²) in [4.78, 5) is 54.2. The number of allylic oxidation sites excluding steroid dienone is 1. The van der Waals surface area contributed by atoms with Crippen LogP contribution in [0.25, 0.3) is 10.9 Å². The molecular formula is C23H21N8NaO5S3. The number of carboxylic acid groups (broad SMARTS) is 1. The zero-order valence-corrected chi connectivity index (χ0v) is 25.6. The fraction of sp³-hybridized carbons (Fsp3) is 0.348. The molecule has 3 N–H and O–H groups in total. The molecule has 2 aliphatic heterocycles. The third kappa shape index (κ3) is 5.43. The Kier molecular flexibility index (Phi) is 8.63. The van der Waals surface area contributed by atoms with Gasteiger partial charge in [0.25, 0.3) is 11.8 Å². The number of anilines is 1. The number of β-lactam (4-membered cyclic amide) rings is 1. The summed E-state index contributed by atoms with van der Waals surface area (Å²) >= 11 is 3.75. The summed E-state index contributed by atoms with van der Waals surface area (Å²) in [6.45, 7) is 0. The third-order valence-corrected chi connectivity index (χ3v) is 9.33. The summed E-state index contributed by atoms with van der Waals surface area (Å²) < 4.78 is 5.94. The molecule has 0 radical (unpaired) electrons. The van der Waals surface area contributed by atoms with Crippen LogP contribution < -0.4 is 45.7 Å². The van der Waals surface area contributed by atoms with E-state index in [2.05, 4.69) is 24.8 Å². The number of hydrogen-bond donors (Lipinski definition) is 2. The summed E-state index contributed by atoms with van der Waals surface area (Å²) in [7, 11) is 0. The predicted molar refractivity (Wildman–Crippen MR) is 143 cm³/mol. The zero-order chi connectivity index (χ0) is 27.1. The normalized spacial score (nSPS) is 21.4. The van der Waals surface area contributed by atoms with Gasteiger partial charge in [0, 0.05) is 22.7 Å². The predicted octanol–water partition coefficient (Wildman–Crippen LogP) is -2.39. The first-order valence-electron chi connectivity index (χ1n) is 12.0. The minimum atomic E-state index is -1.47. The van der Waals surface area contributed by atoms with Gasteiger partial charge < -0.3 is 25.8 Å². The van der Waals surface area contributed by atoms with Gasteiger partial charge in [-0.3, -0.25) is 18.9 Å². The molecule has 6 rings (SSSR count). The van der Waals surface area contributed by atoms with E-state index >= 15 is 0 Å². The number of nitrogens with two attached hydrogens (primary N) is 1. The molecule has 1 saturated heterocycles. The van der Waals surface area contributed by atoms with Gasteiger partial charge in [0.05, 0.1) is 23.6 Å². The first kappa shape index (κ1) is 28.8. The third-order valence-electron chi connectivity index (χ3n) is 6.58. The number of nitrogen functional groups attached to an aromatic ring is 1. The minimum absolute atomic E-state index is 0. The van der Waals surface area contributed by atoms with Crippen LogP contribution in [0.1, 0.15) is 37.2 Å². The van der Waals surface area contributed by atoms with Crippen LogP contribution in [0.3, 0.4) is 0 Å². The Labute approximate surface area is 262 Å². The molecule has 1 saturated carbocycles. The molecule has 3 aliphatic rings. The molecular weight excluding hydrogens is 587 g/mol. The number of nitrogens with zero attached hydrogens (tertiary/aromatic N) is 6. The maximum atomic E-state index is 13.2. The largest absolute Gasteiger partial charge is 1.00 e. The van der Waals surface area contributed by atoms with E-state index in [0.29, 0.717) is 11.3 Å². The van der Waals surface area contributed by atoms with E-state index in [1.165, 1.54) is 23.1 Å². The van der Waals surface area contributed by atoms with E-state index in [1.54, 1.807) is 24.7 Å². The van der Waals surface area contributed by atoms with Crippen molar-refractivity contribution >= 4 is 74.2 Å². The number of thiazole rings is 1. The Morgan fingerprint density at radius 1 is 1.27 bits per heavy atom. The Balaban J connectivity index is 0.00000323. The van der Waals surface area contributed by atoms with Gasteiger partial charge in [0.15, 0.2) is 5.13 Å². The van der Waals surface area contributed by atoms with Crippen molar-refractivity contribution in [2.75, 3.05) is 11.5 Å². The molecule has 3 aromatic rings. The Morgan fingerprint density at radius 2 is 2.08 bits per heavy atom. The minimum Gasteiger partial charge on any atom is -0.543 e. The number of imidazole rings is 1. The number of aliphatic carboxylic acids is 1. The SMILES string of the molecule is Nc1nc(/C(=N/OC2CCCC2)C(=O)N[C@@H]2C(=O)N3C(C(=O)[O-])=C(C=Cc4csc5cncn45)CS[C@H]23)ns1.[Na+]. The van der Waals surface area contributed by atoms with E-state index in [0.717, 1.165) is 52.6 Å². The standard InChI is InChI=1S/C23H22N8O5S3.Na/c24-23-27-18(29-39-23)15(28-36-13-3-1-2-4-13)19(32)26-16-20(33)31-17(22(34)35)11(8-38-21(16)31)5-6-12-9-37-14-7-25-10-30(12)14;/h5-7,9-10,13,16,21H,1-4,8H2,(H,26,32)(H,34,35)(H2,24,27,29);/q;+1/p-1/b6-5?,28-15-;/t16-,21-;/m1./s1. The summed E-state index contributed by atoms with van der Waals surface area (Å²) in [5, 5.41) is 20.2. The topological polar surface area (TPSA) is 180 Å². The van der Waals surface area contributed by atoms with E-state index < -0.39 is 29.2 Å². The molecule has 2 atom stereocenters. The van der Waals surface area contributed by atoms with Gasteiger partial charge in [0.2, 0.25) is 11.5 Å². The molecule has 1 aliphatic carbocycles. The van der Waals surface area contributed by atoms with Gasteiger partial charge in [-0.2, -0.15) is 9.36 Å². The van der Waals surface area contributed by atoms with E-state index in [-0.39, 0.29) is 58.0 Å². The molecule has 0 aromatic carbocycles. The van der Waals surface area contributed by atoms with Crippen molar-refractivity contribution in [1.29, 1.82) is 0 Å². The number of aromatic nitrogens is 4. The van der Waals surface area contributed by atoms with Crippen molar-refractivity contribution < 1.29 is 53.9 Å². The van der Waals surface area contributed by atoms with Crippen LogP contribution in [-0.2, 0) is 19.2 Å². The molecule has 3 aromatic heterocycles. The van der Waals surface area contributed by atoms with Gasteiger partial charge in [-0.25, -0.2) is 4.98 Å². The number of nitrogens with one attached hydrogen (secondary N) is 1. The molecule has 2 fully saturated rings. The second-order valence-corrected chi connectivity index (χ2v) is 11.8. The number of fused-ring (bicyclic) bond motifs is 2. The molecule has 13 nitrogen and oxygen atoms in total. The van der Waals surface area contributed by atoms with Crippen molar-refractivity contribution in [3.05, 3.63) is 46.8 Å². The van der Waals surface area contributed by atoms with Crippen molar-refractivity contribution in [3.63, 3.8) is 0 Å². The van der Waals surface area contributed by atoms with Crippen LogP contribution in [0.2, 0.25) is 0 Å². The van der Waals surface area contributed by atoms with Crippen LogP contribution >= 0.6 is 34.6 Å². The van der Waals surface area contributed by atoms with Gasteiger partial charge in [0.1, 0.15) is 28.7 Å². The van der Waals surface area contributed by atoms with Gasteiger partial charge >= 0.3 is 29.6 Å². The number of carboxylic acids is 1. The second kappa shape index (κ2) is 12.0. The maximum absolute atomic E-state index is 13.2. The van der Waals surface area contributed by atoms with Crippen molar-refractivity contribution in [2.45, 2.75) is 43.2 Å². The molecule has 17 heteroatoms. The monoisotopic (exact) mass is 608 g/mol. The molecule has 202 valence electrons.